The lowest BCUT2D eigenvalue weighted by Crippen LogP contribution is -2.29. The zero-order chi connectivity index (χ0) is 18.4. The molecule has 2 aliphatic rings. The average Bonchev–Trinajstić information content (AvgIpc) is 3.11. The van der Waals surface area contributed by atoms with Crippen molar-refractivity contribution in [2.45, 2.75) is 18.4 Å². The van der Waals surface area contributed by atoms with Crippen molar-refractivity contribution in [3.8, 4) is 0 Å². The third kappa shape index (κ3) is 2.52. The summed E-state index contributed by atoms with van der Waals surface area (Å²) >= 11 is 6.33. The Balaban J connectivity index is 1.85. The van der Waals surface area contributed by atoms with Crippen LogP contribution in [0.2, 0.25) is 5.02 Å². The van der Waals surface area contributed by atoms with Crippen LogP contribution < -0.4 is 5.32 Å². The molecular formula is C18H14ClN3O4. The fraction of sp³-hybridized carbons (Fsp3) is 0.222. The van der Waals surface area contributed by atoms with Crippen LogP contribution in [0.1, 0.15) is 29.5 Å². The van der Waals surface area contributed by atoms with Crippen LogP contribution in [0.15, 0.2) is 48.6 Å². The highest BCUT2D eigenvalue weighted by Gasteiger charge is 2.42. The number of allylic oxidation sites excluding steroid dienone is 2. The highest BCUT2D eigenvalue weighted by molar-refractivity contribution is 6.33. The van der Waals surface area contributed by atoms with Gasteiger partial charge in [-0.25, -0.2) is 0 Å². The number of nitrogens with one attached hydrogen (secondary N) is 1. The van der Waals surface area contributed by atoms with Gasteiger partial charge in [0.2, 0.25) is 0 Å². The standard InChI is InChI=1S/C18H14ClN3O4/c19-14-7-8-15(22(25)26)16-12-5-2-6-13(12)17(20-18(14)16)10-3-1-4-11(9-10)21(23)24/h1-5,7-9,12-13,17,20H,6H2/t12-,13-,17+/m1/s1. The summed E-state index contributed by atoms with van der Waals surface area (Å²) in [5, 5.41) is 26.3. The summed E-state index contributed by atoms with van der Waals surface area (Å²) in [4.78, 5) is 21.8. The molecule has 0 unspecified atom stereocenters. The van der Waals surface area contributed by atoms with Crippen LogP contribution in [-0.2, 0) is 0 Å². The van der Waals surface area contributed by atoms with E-state index in [0.29, 0.717) is 16.3 Å². The Labute approximate surface area is 153 Å². The van der Waals surface area contributed by atoms with E-state index in [2.05, 4.69) is 5.32 Å². The number of fused-ring (bicyclic) bond motifs is 3. The predicted molar refractivity (Wildman–Crippen MR) is 97.6 cm³/mol. The van der Waals surface area contributed by atoms with Gasteiger partial charge in [0.15, 0.2) is 0 Å². The molecule has 1 aliphatic carbocycles. The number of hydrogen-bond acceptors (Lipinski definition) is 5. The van der Waals surface area contributed by atoms with E-state index in [9.17, 15) is 20.2 Å². The highest BCUT2D eigenvalue weighted by atomic mass is 35.5. The number of rotatable bonds is 3. The van der Waals surface area contributed by atoms with Crippen LogP contribution in [0.3, 0.4) is 0 Å². The quantitative estimate of drug-likeness (QED) is 0.466. The van der Waals surface area contributed by atoms with Gasteiger partial charge in [0.05, 0.1) is 32.2 Å². The summed E-state index contributed by atoms with van der Waals surface area (Å²) in [6.07, 6.45) is 4.70. The average molecular weight is 372 g/mol. The number of nitro groups is 2. The first-order valence-corrected chi connectivity index (χ1v) is 8.49. The van der Waals surface area contributed by atoms with Crippen molar-refractivity contribution >= 4 is 28.7 Å². The van der Waals surface area contributed by atoms with E-state index in [1.165, 1.54) is 18.2 Å². The van der Waals surface area contributed by atoms with Crippen LogP contribution in [-0.4, -0.2) is 9.85 Å². The number of nitrogens with zero attached hydrogens (tertiary/aromatic N) is 2. The Kier molecular flexibility index (Phi) is 3.88. The molecule has 0 spiro atoms. The van der Waals surface area contributed by atoms with Gasteiger partial charge in [-0.2, -0.15) is 0 Å². The molecule has 1 N–H and O–H groups in total. The molecule has 26 heavy (non-hydrogen) atoms. The Bertz CT molecular complexity index is 959. The van der Waals surface area contributed by atoms with Crippen LogP contribution >= 0.6 is 11.6 Å². The molecule has 0 saturated carbocycles. The van der Waals surface area contributed by atoms with Crippen molar-refractivity contribution in [2.75, 3.05) is 5.32 Å². The number of anilines is 1. The maximum absolute atomic E-state index is 11.5. The lowest BCUT2D eigenvalue weighted by Gasteiger charge is -2.37. The van der Waals surface area contributed by atoms with Gasteiger partial charge in [0.25, 0.3) is 11.4 Å². The Hall–Kier alpha value is -2.93. The number of benzene rings is 2. The number of halogens is 1. The molecule has 1 heterocycles. The molecular weight excluding hydrogens is 358 g/mol. The molecule has 132 valence electrons. The first kappa shape index (κ1) is 16.5. The van der Waals surface area contributed by atoms with Gasteiger partial charge in [-0.05, 0) is 24.0 Å². The minimum absolute atomic E-state index is 0.0164. The minimum atomic E-state index is -0.428. The Morgan fingerprint density at radius 2 is 1.92 bits per heavy atom. The van der Waals surface area contributed by atoms with E-state index in [0.717, 1.165) is 12.0 Å². The maximum Gasteiger partial charge on any atom is 0.275 e. The lowest BCUT2D eigenvalue weighted by molar-refractivity contribution is -0.385. The van der Waals surface area contributed by atoms with E-state index < -0.39 is 9.85 Å². The fourth-order valence-corrected chi connectivity index (χ4v) is 4.19. The van der Waals surface area contributed by atoms with Crippen LogP contribution in [0.4, 0.5) is 17.1 Å². The molecule has 2 aromatic rings. The zero-order valence-corrected chi connectivity index (χ0v) is 14.2. The van der Waals surface area contributed by atoms with Crippen molar-refractivity contribution in [1.82, 2.24) is 0 Å². The van der Waals surface area contributed by atoms with Crippen molar-refractivity contribution in [3.05, 3.63) is 84.9 Å². The van der Waals surface area contributed by atoms with Crippen molar-refractivity contribution in [3.63, 3.8) is 0 Å². The Morgan fingerprint density at radius 3 is 2.65 bits per heavy atom. The van der Waals surface area contributed by atoms with Crippen LogP contribution in [0, 0.1) is 26.1 Å². The summed E-state index contributed by atoms with van der Waals surface area (Å²) in [6, 6.07) is 9.19. The van der Waals surface area contributed by atoms with Gasteiger partial charge in [0, 0.05) is 24.1 Å². The van der Waals surface area contributed by atoms with E-state index in [1.807, 2.05) is 18.2 Å². The molecule has 1 aliphatic heterocycles. The second-order valence-corrected chi connectivity index (χ2v) is 6.85. The van der Waals surface area contributed by atoms with E-state index in [-0.39, 0.29) is 29.3 Å². The van der Waals surface area contributed by atoms with Crippen molar-refractivity contribution in [2.24, 2.45) is 5.92 Å². The van der Waals surface area contributed by atoms with Gasteiger partial charge in [-0.1, -0.05) is 35.9 Å². The van der Waals surface area contributed by atoms with E-state index in [4.69, 9.17) is 11.6 Å². The van der Waals surface area contributed by atoms with Gasteiger partial charge in [0.1, 0.15) is 0 Å². The summed E-state index contributed by atoms with van der Waals surface area (Å²) in [7, 11) is 0. The number of non-ortho nitro benzene ring substituents is 1. The van der Waals surface area contributed by atoms with Gasteiger partial charge < -0.3 is 5.32 Å². The van der Waals surface area contributed by atoms with Crippen molar-refractivity contribution in [1.29, 1.82) is 0 Å². The van der Waals surface area contributed by atoms with E-state index in [1.54, 1.807) is 12.1 Å². The lowest BCUT2D eigenvalue weighted by atomic mass is 9.76. The van der Waals surface area contributed by atoms with Gasteiger partial charge in [-0.15, -0.1) is 0 Å². The maximum atomic E-state index is 11.5. The molecule has 0 aromatic heterocycles. The number of nitro benzene ring substituents is 2. The molecule has 0 amide bonds. The summed E-state index contributed by atoms with van der Waals surface area (Å²) < 4.78 is 0. The first-order valence-electron chi connectivity index (χ1n) is 8.11. The normalized spacial score (nSPS) is 23.0. The first-order chi connectivity index (χ1) is 12.5. The van der Waals surface area contributed by atoms with Crippen molar-refractivity contribution < 1.29 is 9.85 Å². The topological polar surface area (TPSA) is 98.3 Å². The second kappa shape index (κ2) is 6.10. The molecule has 2 aromatic carbocycles. The van der Waals surface area contributed by atoms with Gasteiger partial charge in [-0.3, -0.25) is 20.2 Å². The molecule has 8 heteroatoms. The molecule has 3 atom stereocenters. The van der Waals surface area contributed by atoms with Crippen LogP contribution in [0.25, 0.3) is 0 Å². The molecule has 4 rings (SSSR count). The highest BCUT2D eigenvalue weighted by Crippen LogP contribution is 2.54. The SMILES string of the molecule is O=[N+]([O-])c1cccc([C@@H]2Nc3c(Cl)ccc([N+](=O)[O-])c3[C@@H]3C=CC[C@H]32)c1. The second-order valence-electron chi connectivity index (χ2n) is 6.44. The van der Waals surface area contributed by atoms with Gasteiger partial charge >= 0.3 is 0 Å². The molecule has 0 saturated heterocycles. The smallest absolute Gasteiger partial charge is 0.275 e. The monoisotopic (exact) mass is 371 g/mol. The minimum Gasteiger partial charge on any atom is -0.376 e. The third-order valence-electron chi connectivity index (χ3n) is 5.08. The summed E-state index contributed by atoms with van der Waals surface area (Å²) in [5.74, 6) is -0.128. The predicted octanol–water partition coefficient (Wildman–Crippen LogP) is 4.98. The summed E-state index contributed by atoms with van der Waals surface area (Å²) in [5.41, 5.74) is 1.94. The molecule has 0 radical (unpaired) electrons. The fourth-order valence-electron chi connectivity index (χ4n) is 3.98. The number of hydrogen-bond donors (Lipinski definition) is 1. The molecule has 0 bridgehead atoms. The molecule has 0 fully saturated rings. The largest absolute Gasteiger partial charge is 0.376 e. The zero-order valence-electron chi connectivity index (χ0n) is 13.5. The summed E-state index contributed by atoms with van der Waals surface area (Å²) in [6.45, 7) is 0. The molecule has 7 nitrogen and oxygen atoms in total. The van der Waals surface area contributed by atoms with E-state index >= 15 is 0 Å². The van der Waals surface area contributed by atoms with Crippen LogP contribution in [0.5, 0.6) is 0 Å². The third-order valence-corrected chi connectivity index (χ3v) is 5.40. The Morgan fingerprint density at radius 1 is 1.12 bits per heavy atom.